The zero-order chi connectivity index (χ0) is 13.8. The van der Waals surface area contributed by atoms with Gasteiger partial charge in [0.15, 0.2) is 0 Å². The number of benzene rings is 1. The molecule has 3 heteroatoms. The van der Waals surface area contributed by atoms with Gasteiger partial charge < -0.3 is 10.4 Å². The molecule has 0 amide bonds. The summed E-state index contributed by atoms with van der Waals surface area (Å²) in [5.74, 6) is 0. The molecule has 1 aromatic heterocycles. The van der Waals surface area contributed by atoms with Gasteiger partial charge in [-0.15, -0.1) is 11.3 Å². The average Bonchev–Trinajstić information content (AvgIpc) is 2.85. The number of rotatable bonds is 5. The van der Waals surface area contributed by atoms with Gasteiger partial charge in [-0.1, -0.05) is 23.8 Å². The highest BCUT2D eigenvalue weighted by molar-refractivity contribution is 7.09. The minimum absolute atomic E-state index is 0.00250. The van der Waals surface area contributed by atoms with E-state index in [1.165, 1.54) is 27.1 Å². The maximum Gasteiger partial charge on any atom is 0.0626 e. The van der Waals surface area contributed by atoms with Crippen molar-refractivity contribution in [2.45, 2.75) is 33.4 Å². The second-order valence-electron chi connectivity index (χ2n) is 5.01. The average molecular weight is 275 g/mol. The summed E-state index contributed by atoms with van der Waals surface area (Å²) in [4.78, 5) is 1.29. The SMILES string of the molecule is Cc1cc(C)c(C(CO)NCc2cccs2)c(C)c1. The van der Waals surface area contributed by atoms with Gasteiger partial charge in [0.25, 0.3) is 0 Å². The van der Waals surface area contributed by atoms with Gasteiger partial charge in [0.1, 0.15) is 0 Å². The van der Waals surface area contributed by atoms with Crippen molar-refractivity contribution in [2.75, 3.05) is 6.61 Å². The van der Waals surface area contributed by atoms with E-state index in [2.05, 4.69) is 55.7 Å². The molecule has 0 aliphatic carbocycles. The highest BCUT2D eigenvalue weighted by atomic mass is 32.1. The van der Waals surface area contributed by atoms with Crippen molar-refractivity contribution in [3.63, 3.8) is 0 Å². The molecule has 1 unspecified atom stereocenters. The van der Waals surface area contributed by atoms with Crippen LogP contribution in [0.5, 0.6) is 0 Å². The number of aryl methyl sites for hydroxylation is 3. The van der Waals surface area contributed by atoms with Crippen LogP contribution >= 0.6 is 11.3 Å². The van der Waals surface area contributed by atoms with Crippen molar-refractivity contribution >= 4 is 11.3 Å². The molecule has 0 fully saturated rings. The third kappa shape index (κ3) is 3.44. The molecule has 2 N–H and O–H groups in total. The summed E-state index contributed by atoms with van der Waals surface area (Å²) in [7, 11) is 0. The van der Waals surface area contributed by atoms with E-state index in [0.717, 1.165) is 6.54 Å². The Morgan fingerprint density at radius 3 is 2.42 bits per heavy atom. The van der Waals surface area contributed by atoms with Crippen LogP contribution < -0.4 is 5.32 Å². The lowest BCUT2D eigenvalue weighted by Crippen LogP contribution is -2.25. The highest BCUT2D eigenvalue weighted by Gasteiger charge is 2.15. The van der Waals surface area contributed by atoms with Crippen molar-refractivity contribution in [3.8, 4) is 0 Å². The Balaban J connectivity index is 2.17. The summed E-state index contributed by atoms with van der Waals surface area (Å²) in [6.45, 7) is 7.26. The summed E-state index contributed by atoms with van der Waals surface area (Å²) in [6, 6.07) is 8.52. The van der Waals surface area contributed by atoms with Gasteiger partial charge in [0, 0.05) is 11.4 Å². The molecule has 2 rings (SSSR count). The number of nitrogens with one attached hydrogen (secondary N) is 1. The van der Waals surface area contributed by atoms with E-state index >= 15 is 0 Å². The zero-order valence-electron chi connectivity index (χ0n) is 11.7. The smallest absolute Gasteiger partial charge is 0.0626 e. The molecule has 2 aromatic rings. The number of hydrogen-bond donors (Lipinski definition) is 2. The monoisotopic (exact) mass is 275 g/mol. The fourth-order valence-electron chi connectivity index (χ4n) is 2.64. The molecule has 1 aromatic carbocycles. The van der Waals surface area contributed by atoms with Crippen LogP contribution in [0.1, 0.15) is 33.2 Å². The standard InChI is InChI=1S/C16H21NOS/c1-11-7-12(2)16(13(3)8-11)15(10-18)17-9-14-5-4-6-19-14/h4-8,15,17-18H,9-10H2,1-3H3. The van der Waals surface area contributed by atoms with Crippen LogP contribution in [0.2, 0.25) is 0 Å². The van der Waals surface area contributed by atoms with E-state index < -0.39 is 0 Å². The Kier molecular flexibility index (Phi) is 4.75. The van der Waals surface area contributed by atoms with Gasteiger partial charge in [-0.2, -0.15) is 0 Å². The van der Waals surface area contributed by atoms with Crippen LogP contribution in [-0.4, -0.2) is 11.7 Å². The third-order valence-corrected chi connectivity index (χ3v) is 4.25. The fourth-order valence-corrected chi connectivity index (χ4v) is 3.29. The second-order valence-corrected chi connectivity index (χ2v) is 6.04. The number of aliphatic hydroxyl groups excluding tert-OH is 1. The van der Waals surface area contributed by atoms with Crippen LogP contribution in [0.3, 0.4) is 0 Å². The Morgan fingerprint density at radius 1 is 1.21 bits per heavy atom. The Hall–Kier alpha value is -1.16. The molecule has 0 aliphatic heterocycles. The molecule has 102 valence electrons. The summed E-state index contributed by atoms with van der Waals surface area (Å²) in [5.41, 5.74) is 4.99. The first-order valence-corrected chi connectivity index (χ1v) is 7.44. The van der Waals surface area contributed by atoms with E-state index in [0.29, 0.717) is 0 Å². The largest absolute Gasteiger partial charge is 0.394 e. The first-order chi connectivity index (χ1) is 9.11. The summed E-state index contributed by atoms with van der Waals surface area (Å²) in [6.07, 6.45) is 0. The van der Waals surface area contributed by atoms with Crippen molar-refractivity contribution in [1.82, 2.24) is 5.32 Å². The fraction of sp³-hybridized carbons (Fsp3) is 0.375. The highest BCUT2D eigenvalue weighted by Crippen LogP contribution is 2.24. The second kappa shape index (κ2) is 6.33. The molecule has 1 atom stereocenters. The van der Waals surface area contributed by atoms with Crippen LogP contribution in [0.25, 0.3) is 0 Å². The lowest BCUT2D eigenvalue weighted by atomic mass is 9.94. The van der Waals surface area contributed by atoms with Crippen molar-refractivity contribution in [2.24, 2.45) is 0 Å². The van der Waals surface area contributed by atoms with Crippen LogP contribution in [-0.2, 0) is 6.54 Å². The molecule has 0 saturated heterocycles. The minimum Gasteiger partial charge on any atom is -0.394 e. The Labute approximate surface area is 119 Å². The first-order valence-electron chi connectivity index (χ1n) is 6.56. The molecule has 0 aliphatic rings. The predicted octanol–water partition coefficient (Wildman–Crippen LogP) is 3.50. The Bertz CT molecular complexity index is 511. The quantitative estimate of drug-likeness (QED) is 0.875. The normalized spacial score (nSPS) is 12.6. The Morgan fingerprint density at radius 2 is 1.89 bits per heavy atom. The zero-order valence-corrected chi connectivity index (χ0v) is 12.6. The number of thiophene rings is 1. The predicted molar refractivity (Wildman–Crippen MR) is 81.6 cm³/mol. The molecule has 0 bridgehead atoms. The van der Waals surface area contributed by atoms with E-state index in [4.69, 9.17) is 0 Å². The van der Waals surface area contributed by atoms with Gasteiger partial charge in [-0.3, -0.25) is 0 Å². The first kappa shape index (κ1) is 14.3. The summed E-state index contributed by atoms with van der Waals surface area (Å²) >= 11 is 1.74. The minimum atomic E-state index is 0.00250. The van der Waals surface area contributed by atoms with Gasteiger partial charge in [-0.05, 0) is 48.9 Å². The topological polar surface area (TPSA) is 32.3 Å². The van der Waals surface area contributed by atoms with E-state index in [1.807, 2.05) is 0 Å². The van der Waals surface area contributed by atoms with Crippen molar-refractivity contribution in [1.29, 1.82) is 0 Å². The van der Waals surface area contributed by atoms with Gasteiger partial charge in [0.05, 0.1) is 12.6 Å². The van der Waals surface area contributed by atoms with Crippen LogP contribution in [0, 0.1) is 20.8 Å². The van der Waals surface area contributed by atoms with Gasteiger partial charge >= 0.3 is 0 Å². The molecule has 0 spiro atoms. The van der Waals surface area contributed by atoms with E-state index in [9.17, 15) is 5.11 Å². The molecular weight excluding hydrogens is 254 g/mol. The van der Waals surface area contributed by atoms with Gasteiger partial charge in [0.2, 0.25) is 0 Å². The lowest BCUT2D eigenvalue weighted by molar-refractivity contribution is 0.243. The summed E-state index contributed by atoms with van der Waals surface area (Å²) in [5, 5.41) is 15.2. The van der Waals surface area contributed by atoms with Crippen molar-refractivity contribution in [3.05, 3.63) is 56.8 Å². The molecule has 0 saturated carbocycles. The number of aliphatic hydroxyl groups is 1. The molecule has 1 heterocycles. The molecule has 2 nitrogen and oxygen atoms in total. The van der Waals surface area contributed by atoms with Crippen LogP contribution in [0.15, 0.2) is 29.6 Å². The summed E-state index contributed by atoms with van der Waals surface area (Å²) < 4.78 is 0. The van der Waals surface area contributed by atoms with Crippen molar-refractivity contribution < 1.29 is 5.11 Å². The maximum atomic E-state index is 9.67. The van der Waals surface area contributed by atoms with E-state index in [-0.39, 0.29) is 12.6 Å². The maximum absolute atomic E-state index is 9.67. The molecule has 19 heavy (non-hydrogen) atoms. The third-order valence-electron chi connectivity index (χ3n) is 3.37. The van der Waals surface area contributed by atoms with E-state index in [1.54, 1.807) is 11.3 Å². The molecular formula is C16H21NOS. The van der Waals surface area contributed by atoms with Gasteiger partial charge in [-0.25, -0.2) is 0 Å². The number of hydrogen-bond acceptors (Lipinski definition) is 3. The van der Waals surface area contributed by atoms with Crippen LogP contribution in [0.4, 0.5) is 0 Å². The lowest BCUT2D eigenvalue weighted by Gasteiger charge is -2.21. The molecule has 0 radical (unpaired) electrons.